The number of hydrogen-bond donors (Lipinski definition) is 7. The summed E-state index contributed by atoms with van der Waals surface area (Å²) in [7, 11) is 0. The van der Waals surface area contributed by atoms with Crippen molar-refractivity contribution >= 4 is 12.2 Å². The maximum atomic E-state index is 10.4. The van der Waals surface area contributed by atoms with E-state index < -0.39 is 37.1 Å². The fourth-order valence-corrected chi connectivity index (χ4v) is 3.15. The van der Waals surface area contributed by atoms with Crippen LogP contribution in [0, 0.1) is 0 Å². The quantitative estimate of drug-likeness (QED) is 0.373. The number of ether oxygens (including phenoxy) is 1. The average Bonchev–Trinajstić information content (AvgIpc) is 2.67. The van der Waals surface area contributed by atoms with Gasteiger partial charge in [-0.1, -0.05) is 24.3 Å². The van der Waals surface area contributed by atoms with E-state index in [1.165, 1.54) is 24.3 Å². The fourth-order valence-electron chi connectivity index (χ4n) is 3.15. The number of rotatable bonds is 4. The fraction of sp³-hybridized carbons (Fsp3) is 0.300. The standard InChI is InChI=1S/C20H22O8/c21-9-15-17(25)18(26)19(27)20(28-15)16-13(23)7-11(8-14(16)24)2-1-10-3-5-12(22)6-4-10/h1-8,15,17-27H,9H2/t15-,17-,18+,19-,20+/m1/s1. The lowest BCUT2D eigenvalue weighted by atomic mass is 9.90. The summed E-state index contributed by atoms with van der Waals surface area (Å²) < 4.78 is 5.39. The van der Waals surface area contributed by atoms with E-state index in [9.17, 15) is 35.7 Å². The Hall–Kier alpha value is -2.62. The summed E-state index contributed by atoms with van der Waals surface area (Å²) in [5.74, 6) is -0.624. The summed E-state index contributed by atoms with van der Waals surface area (Å²) in [6.07, 6.45) is -3.93. The van der Waals surface area contributed by atoms with Crippen molar-refractivity contribution < 1.29 is 40.5 Å². The van der Waals surface area contributed by atoms with Gasteiger partial charge in [-0.15, -0.1) is 0 Å². The first-order chi connectivity index (χ1) is 13.3. The van der Waals surface area contributed by atoms with E-state index in [0.717, 1.165) is 5.56 Å². The third-order valence-corrected chi connectivity index (χ3v) is 4.70. The molecule has 0 saturated carbocycles. The Morgan fingerprint density at radius 1 is 0.786 bits per heavy atom. The van der Waals surface area contributed by atoms with Crippen LogP contribution in [0.2, 0.25) is 0 Å². The Morgan fingerprint density at radius 3 is 1.93 bits per heavy atom. The summed E-state index contributed by atoms with van der Waals surface area (Å²) in [5.41, 5.74) is 1.09. The van der Waals surface area contributed by atoms with Crippen LogP contribution in [-0.4, -0.2) is 66.8 Å². The zero-order chi connectivity index (χ0) is 20.4. The van der Waals surface area contributed by atoms with Gasteiger partial charge < -0.3 is 40.5 Å². The highest BCUT2D eigenvalue weighted by Crippen LogP contribution is 2.42. The zero-order valence-electron chi connectivity index (χ0n) is 14.8. The molecule has 7 N–H and O–H groups in total. The van der Waals surface area contributed by atoms with Crippen LogP contribution >= 0.6 is 0 Å². The van der Waals surface area contributed by atoms with E-state index in [0.29, 0.717) is 5.56 Å². The van der Waals surface area contributed by atoms with Crippen molar-refractivity contribution in [3.8, 4) is 17.2 Å². The predicted molar refractivity (Wildman–Crippen MR) is 99.5 cm³/mol. The van der Waals surface area contributed by atoms with Crippen molar-refractivity contribution in [2.45, 2.75) is 30.5 Å². The van der Waals surface area contributed by atoms with E-state index >= 15 is 0 Å². The molecule has 1 saturated heterocycles. The second kappa shape index (κ2) is 8.17. The number of aromatic hydroxyl groups is 3. The second-order valence-corrected chi connectivity index (χ2v) is 6.65. The highest BCUT2D eigenvalue weighted by molar-refractivity contribution is 5.72. The van der Waals surface area contributed by atoms with Crippen LogP contribution in [0.3, 0.4) is 0 Å². The first kappa shape index (κ1) is 20.1. The second-order valence-electron chi connectivity index (χ2n) is 6.65. The first-order valence-electron chi connectivity index (χ1n) is 8.65. The summed E-state index contributed by atoms with van der Waals surface area (Å²) in [4.78, 5) is 0. The number of hydrogen-bond acceptors (Lipinski definition) is 8. The molecule has 2 aromatic carbocycles. The lowest BCUT2D eigenvalue weighted by Gasteiger charge is -2.40. The van der Waals surface area contributed by atoms with Crippen molar-refractivity contribution in [2.75, 3.05) is 6.61 Å². The van der Waals surface area contributed by atoms with Crippen LogP contribution in [0.4, 0.5) is 0 Å². The topological polar surface area (TPSA) is 151 Å². The van der Waals surface area contributed by atoms with Gasteiger partial charge in [0.1, 0.15) is 47.8 Å². The molecule has 0 unspecified atom stereocenters. The number of aliphatic hydroxyl groups is 4. The monoisotopic (exact) mass is 390 g/mol. The molecule has 8 heteroatoms. The highest BCUT2D eigenvalue weighted by atomic mass is 16.5. The van der Waals surface area contributed by atoms with E-state index in [4.69, 9.17) is 4.74 Å². The molecule has 0 radical (unpaired) electrons. The Balaban J connectivity index is 1.88. The van der Waals surface area contributed by atoms with Gasteiger partial charge in [0.15, 0.2) is 0 Å². The largest absolute Gasteiger partial charge is 0.508 e. The zero-order valence-corrected chi connectivity index (χ0v) is 14.8. The van der Waals surface area contributed by atoms with Gasteiger partial charge >= 0.3 is 0 Å². The first-order valence-corrected chi connectivity index (χ1v) is 8.65. The van der Waals surface area contributed by atoms with Crippen LogP contribution in [0.1, 0.15) is 22.8 Å². The molecule has 8 nitrogen and oxygen atoms in total. The summed E-state index contributed by atoms with van der Waals surface area (Å²) in [6.45, 7) is -0.615. The van der Waals surface area contributed by atoms with Crippen molar-refractivity contribution in [1.29, 1.82) is 0 Å². The lowest BCUT2D eigenvalue weighted by Crippen LogP contribution is -2.55. The van der Waals surface area contributed by atoms with Crippen LogP contribution in [0.25, 0.3) is 12.2 Å². The number of aliphatic hydroxyl groups excluding tert-OH is 4. The van der Waals surface area contributed by atoms with E-state index in [2.05, 4.69) is 0 Å². The number of benzene rings is 2. The predicted octanol–water partition coefficient (Wildman–Crippen LogP) is 0.489. The molecule has 0 aromatic heterocycles. The molecule has 0 spiro atoms. The van der Waals surface area contributed by atoms with Gasteiger partial charge in [-0.2, -0.15) is 0 Å². The maximum absolute atomic E-state index is 10.4. The van der Waals surface area contributed by atoms with E-state index in [-0.39, 0.29) is 22.8 Å². The third kappa shape index (κ3) is 3.96. The van der Waals surface area contributed by atoms with E-state index in [1.807, 2.05) is 0 Å². The van der Waals surface area contributed by atoms with Crippen molar-refractivity contribution in [3.63, 3.8) is 0 Å². The van der Waals surface area contributed by atoms with Crippen LogP contribution in [0.5, 0.6) is 17.2 Å². The molecule has 1 fully saturated rings. The Kier molecular flexibility index (Phi) is 5.87. The minimum Gasteiger partial charge on any atom is -0.508 e. The van der Waals surface area contributed by atoms with Gasteiger partial charge in [0.2, 0.25) is 0 Å². The molecule has 0 aliphatic carbocycles. The molecule has 1 aliphatic heterocycles. The molecule has 1 heterocycles. The minimum absolute atomic E-state index is 0.135. The maximum Gasteiger partial charge on any atom is 0.125 e. The van der Waals surface area contributed by atoms with Gasteiger partial charge in [-0.25, -0.2) is 0 Å². The molecule has 3 rings (SSSR count). The Morgan fingerprint density at radius 2 is 1.36 bits per heavy atom. The Labute approximate surface area is 160 Å². The van der Waals surface area contributed by atoms with Crippen LogP contribution in [-0.2, 0) is 4.74 Å². The SMILES string of the molecule is OC[C@H]1O[C@@H](c2c(O)cc(C=Cc3ccc(O)cc3)cc2O)[C@H](O)[C@@H](O)[C@@H]1O. The molecule has 1 aliphatic rings. The van der Waals surface area contributed by atoms with Gasteiger partial charge in [0.05, 0.1) is 12.2 Å². The van der Waals surface area contributed by atoms with Gasteiger partial charge in [-0.3, -0.25) is 0 Å². The average molecular weight is 390 g/mol. The minimum atomic E-state index is -1.62. The van der Waals surface area contributed by atoms with Crippen molar-refractivity contribution in [2.24, 2.45) is 0 Å². The van der Waals surface area contributed by atoms with Crippen molar-refractivity contribution in [3.05, 3.63) is 53.1 Å². The van der Waals surface area contributed by atoms with Crippen LogP contribution in [0.15, 0.2) is 36.4 Å². The summed E-state index contributed by atoms with van der Waals surface area (Å²) >= 11 is 0. The molecule has 2 aromatic rings. The normalized spacial score (nSPS) is 27.9. The molecule has 5 atom stereocenters. The number of phenolic OH excluding ortho intramolecular Hbond substituents is 3. The molecule has 0 amide bonds. The lowest BCUT2D eigenvalue weighted by molar-refractivity contribution is -0.232. The van der Waals surface area contributed by atoms with Gasteiger partial charge in [0.25, 0.3) is 0 Å². The van der Waals surface area contributed by atoms with Crippen molar-refractivity contribution in [1.82, 2.24) is 0 Å². The Bertz CT molecular complexity index is 823. The van der Waals surface area contributed by atoms with E-state index in [1.54, 1.807) is 24.3 Å². The molecule has 150 valence electrons. The van der Waals surface area contributed by atoms with Gasteiger partial charge in [0, 0.05) is 0 Å². The van der Waals surface area contributed by atoms with Gasteiger partial charge in [-0.05, 0) is 35.4 Å². The molecule has 28 heavy (non-hydrogen) atoms. The number of phenols is 3. The summed E-state index contributed by atoms with van der Waals surface area (Å²) in [6, 6.07) is 9.11. The molecule has 0 bridgehead atoms. The third-order valence-electron chi connectivity index (χ3n) is 4.70. The summed E-state index contributed by atoms with van der Waals surface area (Å²) in [5, 5.41) is 69.3. The molecular formula is C20H22O8. The molecular weight excluding hydrogens is 368 g/mol. The van der Waals surface area contributed by atoms with Crippen LogP contribution < -0.4 is 0 Å². The highest BCUT2D eigenvalue weighted by Gasteiger charge is 2.45. The smallest absolute Gasteiger partial charge is 0.125 e.